The van der Waals surface area contributed by atoms with Gasteiger partial charge in [-0.3, -0.25) is 9.58 Å². The summed E-state index contributed by atoms with van der Waals surface area (Å²) in [6.45, 7) is 5.40. The van der Waals surface area contributed by atoms with Gasteiger partial charge < -0.3 is 9.84 Å². The molecule has 2 heterocycles. The van der Waals surface area contributed by atoms with Crippen LogP contribution in [0.5, 0.6) is 0 Å². The van der Waals surface area contributed by atoms with E-state index in [0.717, 1.165) is 48.9 Å². The quantitative estimate of drug-likeness (QED) is 0.888. The molecule has 19 heavy (non-hydrogen) atoms. The highest BCUT2D eigenvalue weighted by atomic mass is 35.5. The van der Waals surface area contributed by atoms with Crippen LogP contribution in [0.15, 0.2) is 0 Å². The maximum Gasteiger partial charge on any atom is 0.131 e. The number of halogens is 1. The number of piperidine rings is 1. The number of ether oxygens (including phenoxy) is 1. The first kappa shape index (κ1) is 14.8. The molecule has 5 nitrogen and oxygen atoms in total. The van der Waals surface area contributed by atoms with Gasteiger partial charge in [-0.05, 0) is 19.8 Å². The van der Waals surface area contributed by atoms with Crippen LogP contribution in [0.2, 0.25) is 5.15 Å². The number of aryl methyl sites for hydroxylation is 2. The maximum atomic E-state index is 8.75. The molecule has 1 aliphatic rings. The van der Waals surface area contributed by atoms with Gasteiger partial charge in [-0.1, -0.05) is 11.6 Å². The summed E-state index contributed by atoms with van der Waals surface area (Å²) in [6, 6.07) is 0. The van der Waals surface area contributed by atoms with Crippen molar-refractivity contribution in [1.82, 2.24) is 14.7 Å². The minimum atomic E-state index is 0.102. The third kappa shape index (κ3) is 3.69. The first-order valence-electron chi connectivity index (χ1n) is 6.74. The minimum absolute atomic E-state index is 0.102. The molecule has 1 aromatic heterocycles. The predicted molar refractivity (Wildman–Crippen MR) is 74.3 cm³/mol. The third-order valence-electron chi connectivity index (χ3n) is 3.63. The lowest BCUT2D eigenvalue weighted by Crippen LogP contribution is -2.37. The Bertz CT molecular complexity index is 414. The highest BCUT2D eigenvalue weighted by Crippen LogP contribution is 2.23. The molecule has 0 amide bonds. The Kier molecular flexibility index (Phi) is 5.21. The van der Waals surface area contributed by atoms with E-state index in [-0.39, 0.29) is 12.7 Å². The summed E-state index contributed by atoms with van der Waals surface area (Å²) in [7, 11) is 1.87. The van der Waals surface area contributed by atoms with E-state index in [4.69, 9.17) is 21.4 Å². The summed E-state index contributed by atoms with van der Waals surface area (Å²) in [5.41, 5.74) is 2.13. The second kappa shape index (κ2) is 6.70. The number of likely N-dealkylation sites (tertiary alicyclic amines) is 1. The average Bonchev–Trinajstić information content (AvgIpc) is 2.64. The lowest BCUT2D eigenvalue weighted by Gasteiger charge is -2.31. The Labute approximate surface area is 119 Å². The molecule has 2 rings (SSSR count). The number of hydrogen-bond acceptors (Lipinski definition) is 4. The van der Waals surface area contributed by atoms with Crippen LogP contribution in [0, 0.1) is 6.92 Å². The molecule has 1 aliphatic heterocycles. The van der Waals surface area contributed by atoms with E-state index in [0.29, 0.717) is 6.61 Å². The summed E-state index contributed by atoms with van der Waals surface area (Å²) >= 11 is 6.25. The van der Waals surface area contributed by atoms with Gasteiger partial charge >= 0.3 is 0 Å². The fourth-order valence-electron chi connectivity index (χ4n) is 2.53. The van der Waals surface area contributed by atoms with Gasteiger partial charge in [0.1, 0.15) is 5.15 Å². The molecule has 1 fully saturated rings. The molecule has 6 heteroatoms. The molecular weight excluding hydrogens is 266 g/mol. The van der Waals surface area contributed by atoms with Crippen molar-refractivity contribution >= 4 is 11.6 Å². The minimum Gasteiger partial charge on any atom is -0.394 e. The SMILES string of the molecule is Cc1nn(C)c(Cl)c1CN1CCC(OCCO)CC1. The first-order valence-corrected chi connectivity index (χ1v) is 7.12. The molecule has 1 saturated heterocycles. The number of rotatable bonds is 5. The second-order valence-corrected chi connectivity index (χ2v) is 5.41. The van der Waals surface area contributed by atoms with Gasteiger partial charge in [0.2, 0.25) is 0 Å². The molecule has 0 radical (unpaired) electrons. The van der Waals surface area contributed by atoms with Gasteiger partial charge in [0.05, 0.1) is 25.0 Å². The summed E-state index contributed by atoms with van der Waals surface area (Å²) in [5.74, 6) is 0. The molecular formula is C13H22ClN3O2. The topological polar surface area (TPSA) is 50.5 Å². The fraction of sp³-hybridized carbons (Fsp3) is 0.769. The van der Waals surface area contributed by atoms with E-state index < -0.39 is 0 Å². The van der Waals surface area contributed by atoms with E-state index in [2.05, 4.69) is 10.00 Å². The molecule has 108 valence electrons. The number of aliphatic hydroxyl groups excluding tert-OH is 1. The van der Waals surface area contributed by atoms with E-state index in [1.54, 1.807) is 4.68 Å². The van der Waals surface area contributed by atoms with Crippen molar-refractivity contribution in [1.29, 1.82) is 0 Å². The Morgan fingerprint density at radius 2 is 2.11 bits per heavy atom. The van der Waals surface area contributed by atoms with Gasteiger partial charge in [-0.2, -0.15) is 5.10 Å². The fourth-order valence-corrected chi connectivity index (χ4v) is 2.76. The van der Waals surface area contributed by atoms with Crippen LogP contribution in [0.3, 0.4) is 0 Å². The van der Waals surface area contributed by atoms with Gasteiger partial charge in [0.25, 0.3) is 0 Å². The molecule has 1 N–H and O–H groups in total. The second-order valence-electron chi connectivity index (χ2n) is 5.05. The third-order valence-corrected chi connectivity index (χ3v) is 4.10. The highest BCUT2D eigenvalue weighted by Gasteiger charge is 2.22. The van der Waals surface area contributed by atoms with E-state index in [9.17, 15) is 0 Å². The maximum absolute atomic E-state index is 8.75. The number of aliphatic hydroxyl groups is 1. The smallest absolute Gasteiger partial charge is 0.131 e. The molecule has 0 bridgehead atoms. The molecule has 1 aromatic rings. The van der Waals surface area contributed by atoms with Crippen LogP contribution in [0.1, 0.15) is 24.1 Å². The predicted octanol–water partition coefficient (Wildman–Crippen LogP) is 1.36. The van der Waals surface area contributed by atoms with Crippen molar-refractivity contribution in [2.75, 3.05) is 26.3 Å². The summed E-state index contributed by atoms with van der Waals surface area (Å²) in [5, 5.41) is 13.8. The van der Waals surface area contributed by atoms with Crippen LogP contribution < -0.4 is 0 Å². The average molecular weight is 288 g/mol. The van der Waals surface area contributed by atoms with Crippen molar-refractivity contribution < 1.29 is 9.84 Å². The number of aromatic nitrogens is 2. The van der Waals surface area contributed by atoms with Gasteiger partial charge in [-0.25, -0.2) is 0 Å². The number of hydrogen-bond donors (Lipinski definition) is 1. The van der Waals surface area contributed by atoms with Crippen molar-refractivity contribution in [3.8, 4) is 0 Å². The summed E-state index contributed by atoms with van der Waals surface area (Å²) < 4.78 is 7.29. The van der Waals surface area contributed by atoms with Crippen molar-refractivity contribution in [2.45, 2.75) is 32.4 Å². The summed E-state index contributed by atoms with van der Waals surface area (Å²) in [6.07, 6.45) is 2.31. The van der Waals surface area contributed by atoms with Crippen molar-refractivity contribution in [2.24, 2.45) is 7.05 Å². The van der Waals surface area contributed by atoms with Crippen LogP contribution >= 0.6 is 11.6 Å². The van der Waals surface area contributed by atoms with Crippen LogP contribution in [-0.2, 0) is 18.3 Å². The van der Waals surface area contributed by atoms with E-state index in [1.165, 1.54) is 0 Å². The molecule has 0 saturated carbocycles. The Hall–Kier alpha value is -0.620. The van der Waals surface area contributed by atoms with Crippen LogP contribution in [-0.4, -0.2) is 52.2 Å². The molecule has 0 atom stereocenters. The standard InChI is InChI=1S/C13H22ClN3O2/c1-10-12(13(14)16(2)15-10)9-17-5-3-11(4-6-17)19-8-7-18/h11,18H,3-9H2,1-2H3. The Morgan fingerprint density at radius 1 is 1.42 bits per heavy atom. The number of nitrogens with zero attached hydrogens (tertiary/aromatic N) is 3. The lowest BCUT2D eigenvalue weighted by atomic mass is 10.1. The first-order chi connectivity index (χ1) is 9.11. The highest BCUT2D eigenvalue weighted by molar-refractivity contribution is 6.30. The normalized spacial score (nSPS) is 18.1. The van der Waals surface area contributed by atoms with Crippen LogP contribution in [0.4, 0.5) is 0 Å². The zero-order valence-electron chi connectivity index (χ0n) is 11.6. The molecule has 0 unspecified atom stereocenters. The monoisotopic (exact) mass is 287 g/mol. The largest absolute Gasteiger partial charge is 0.394 e. The Balaban J connectivity index is 1.85. The van der Waals surface area contributed by atoms with E-state index >= 15 is 0 Å². The van der Waals surface area contributed by atoms with Gasteiger partial charge in [0, 0.05) is 32.2 Å². The lowest BCUT2D eigenvalue weighted by molar-refractivity contribution is -0.00903. The van der Waals surface area contributed by atoms with Gasteiger partial charge in [0.15, 0.2) is 0 Å². The summed E-state index contributed by atoms with van der Waals surface area (Å²) in [4.78, 5) is 2.38. The molecule has 0 aliphatic carbocycles. The zero-order chi connectivity index (χ0) is 13.8. The van der Waals surface area contributed by atoms with Crippen molar-refractivity contribution in [3.05, 3.63) is 16.4 Å². The van der Waals surface area contributed by atoms with Crippen LogP contribution in [0.25, 0.3) is 0 Å². The zero-order valence-corrected chi connectivity index (χ0v) is 12.4. The Morgan fingerprint density at radius 3 is 2.63 bits per heavy atom. The molecule has 0 spiro atoms. The van der Waals surface area contributed by atoms with Gasteiger partial charge in [-0.15, -0.1) is 0 Å². The van der Waals surface area contributed by atoms with E-state index in [1.807, 2.05) is 14.0 Å². The molecule has 0 aromatic carbocycles. The van der Waals surface area contributed by atoms with Crippen molar-refractivity contribution in [3.63, 3.8) is 0 Å².